The molecule has 21 heavy (non-hydrogen) atoms. The molecule has 6 nitrogen and oxygen atoms in total. The minimum absolute atomic E-state index is 0.135. The second kappa shape index (κ2) is 7.26. The third-order valence-electron chi connectivity index (χ3n) is 2.95. The van der Waals surface area contributed by atoms with Gasteiger partial charge < -0.3 is 16.0 Å². The lowest BCUT2D eigenvalue weighted by Crippen LogP contribution is -2.43. The number of hydrogen-bond acceptors (Lipinski definition) is 4. The molecule has 7 heteroatoms. The monoisotopic (exact) mass is 312 g/mol. The van der Waals surface area contributed by atoms with Gasteiger partial charge in [-0.2, -0.15) is 0 Å². The van der Waals surface area contributed by atoms with Crippen molar-refractivity contribution in [2.45, 2.75) is 20.8 Å². The molecule has 1 aromatic rings. The van der Waals surface area contributed by atoms with Crippen molar-refractivity contribution < 1.29 is 9.59 Å². The number of nitrogens with zero attached hydrogens (tertiary/aromatic N) is 1. The van der Waals surface area contributed by atoms with E-state index >= 15 is 0 Å². The fourth-order valence-electron chi connectivity index (χ4n) is 1.72. The van der Waals surface area contributed by atoms with Gasteiger partial charge >= 0.3 is 0 Å². The van der Waals surface area contributed by atoms with Crippen molar-refractivity contribution in [2.75, 3.05) is 25.5 Å². The summed E-state index contributed by atoms with van der Waals surface area (Å²) in [5.74, 6) is 0.111. The fourth-order valence-corrected chi connectivity index (χ4v) is 1.93. The van der Waals surface area contributed by atoms with Crippen molar-refractivity contribution in [1.29, 1.82) is 0 Å². The molecular formula is C14H21ClN4O2. The van der Waals surface area contributed by atoms with Crippen LogP contribution in [0.15, 0.2) is 12.1 Å². The lowest BCUT2D eigenvalue weighted by molar-refractivity contribution is -0.128. The molecule has 0 aliphatic carbocycles. The number of pyridine rings is 1. The van der Waals surface area contributed by atoms with Crippen LogP contribution < -0.4 is 16.0 Å². The molecular weight excluding hydrogens is 292 g/mol. The Labute approximate surface area is 129 Å². The number of rotatable bonds is 6. The molecule has 0 fully saturated rings. The van der Waals surface area contributed by atoms with Crippen LogP contribution in [0.5, 0.6) is 0 Å². The van der Waals surface area contributed by atoms with E-state index in [2.05, 4.69) is 20.9 Å². The highest BCUT2D eigenvalue weighted by atomic mass is 35.5. The second-order valence-electron chi connectivity index (χ2n) is 5.24. The Hall–Kier alpha value is -1.82. The minimum Gasteiger partial charge on any atom is -0.370 e. The average Bonchev–Trinajstić information content (AvgIpc) is 2.43. The normalized spacial score (nSPS) is 10.9. The zero-order valence-electron chi connectivity index (χ0n) is 12.7. The van der Waals surface area contributed by atoms with Gasteiger partial charge in [-0.25, -0.2) is 4.98 Å². The topological polar surface area (TPSA) is 83.1 Å². The maximum absolute atomic E-state index is 12.2. The first-order valence-electron chi connectivity index (χ1n) is 6.72. The lowest BCUT2D eigenvalue weighted by atomic mass is 9.92. The lowest BCUT2D eigenvalue weighted by Gasteiger charge is -2.22. The molecule has 1 aromatic heterocycles. The third kappa shape index (κ3) is 4.90. The first-order valence-corrected chi connectivity index (χ1v) is 7.09. The SMILES string of the molecule is CCNc1cc(C(=O)NCC(C)(C)C(=O)NC)cc(Cl)n1. The van der Waals surface area contributed by atoms with Gasteiger partial charge in [0.05, 0.1) is 5.41 Å². The zero-order chi connectivity index (χ0) is 16.0. The van der Waals surface area contributed by atoms with Crippen LogP contribution in [-0.4, -0.2) is 36.9 Å². The summed E-state index contributed by atoms with van der Waals surface area (Å²) in [4.78, 5) is 27.9. The highest BCUT2D eigenvalue weighted by Gasteiger charge is 2.27. The summed E-state index contributed by atoms with van der Waals surface area (Å²) < 4.78 is 0. The molecule has 0 spiro atoms. The van der Waals surface area contributed by atoms with E-state index in [9.17, 15) is 9.59 Å². The van der Waals surface area contributed by atoms with E-state index < -0.39 is 5.41 Å². The van der Waals surface area contributed by atoms with Gasteiger partial charge in [0.25, 0.3) is 5.91 Å². The van der Waals surface area contributed by atoms with E-state index in [0.717, 1.165) is 0 Å². The summed E-state index contributed by atoms with van der Waals surface area (Å²) in [6, 6.07) is 3.11. The molecule has 3 N–H and O–H groups in total. The van der Waals surface area contributed by atoms with Crippen LogP contribution in [0.4, 0.5) is 5.82 Å². The summed E-state index contributed by atoms with van der Waals surface area (Å²) in [7, 11) is 1.57. The number of halogens is 1. The van der Waals surface area contributed by atoms with E-state index in [-0.39, 0.29) is 23.5 Å². The van der Waals surface area contributed by atoms with Gasteiger partial charge in [-0.05, 0) is 32.9 Å². The Morgan fingerprint density at radius 2 is 2.00 bits per heavy atom. The fraction of sp³-hybridized carbons (Fsp3) is 0.500. The van der Waals surface area contributed by atoms with Gasteiger partial charge in [0.15, 0.2) is 0 Å². The van der Waals surface area contributed by atoms with Gasteiger partial charge in [0, 0.05) is 25.7 Å². The van der Waals surface area contributed by atoms with Crippen molar-refractivity contribution >= 4 is 29.2 Å². The van der Waals surface area contributed by atoms with Crippen molar-refractivity contribution in [3.8, 4) is 0 Å². The van der Waals surface area contributed by atoms with Crippen LogP contribution in [0.1, 0.15) is 31.1 Å². The quantitative estimate of drug-likeness (QED) is 0.698. The van der Waals surface area contributed by atoms with Crippen LogP contribution >= 0.6 is 11.6 Å². The molecule has 0 radical (unpaired) electrons. The number of aromatic nitrogens is 1. The highest BCUT2D eigenvalue weighted by Crippen LogP contribution is 2.16. The molecule has 0 atom stereocenters. The highest BCUT2D eigenvalue weighted by molar-refractivity contribution is 6.29. The van der Waals surface area contributed by atoms with E-state index in [4.69, 9.17) is 11.6 Å². The van der Waals surface area contributed by atoms with Gasteiger partial charge in [0.2, 0.25) is 5.91 Å². The van der Waals surface area contributed by atoms with Gasteiger partial charge in [-0.15, -0.1) is 0 Å². The molecule has 0 aromatic carbocycles. The Bertz CT molecular complexity index is 532. The standard InChI is InChI=1S/C14H21ClN4O2/c1-5-17-11-7-9(6-10(15)19-11)12(20)18-8-14(2,3)13(21)16-4/h6-7H,5,8H2,1-4H3,(H,16,21)(H,17,19)(H,18,20). The summed E-state index contributed by atoms with van der Waals surface area (Å²) in [6.45, 7) is 6.35. The Morgan fingerprint density at radius 3 is 2.57 bits per heavy atom. The summed E-state index contributed by atoms with van der Waals surface area (Å²) in [6.07, 6.45) is 0. The Morgan fingerprint density at radius 1 is 1.33 bits per heavy atom. The average molecular weight is 313 g/mol. The van der Waals surface area contributed by atoms with Crippen molar-refractivity contribution in [3.05, 3.63) is 22.8 Å². The molecule has 0 aliphatic rings. The maximum atomic E-state index is 12.2. The number of carbonyl (C=O) groups excluding carboxylic acids is 2. The molecule has 0 aliphatic heterocycles. The second-order valence-corrected chi connectivity index (χ2v) is 5.63. The number of nitrogens with one attached hydrogen (secondary N) is 3. The Kier molecular flexibility index (Phi) is 5.96. The van der Waals surface area contributed by atoms with Crippen molar-refractivity contribution in [1.82, 2.24) is 15.6 Å². The van der Waals surface area contributed by atoms with E-state index in [1.165, 1.54) is 6.07 Å². The molecule has 0 saturated heterocycles. The summed E-state index contributed by atoms with van der Waals surface area (Å²) >= 11 is 5.90. The molecule has 0 saturated carbocycles. The number of carbonyl (C=O) groups is 2. The van der Waals surface area contributed by atoms with Crippen LogP contribution in [0.25, 0.3) is 0 Å². The third-order valence-corrected chi connectivity index (χ3v) is 3.14. The van der Waals surface area contributed by atoms with Gasteiger partial charge in [-0.1, -0.05) is 11.6 Å². The first kappa shape index (κ1) is 17.2. The maximum Gasteiger partial charge on any atom is 0.251 e. The van der Waals surface area contributed by atoms with E-state index in [1.807, 2.05) is 6.92 Å². The smallest absolute Gasteiger partial charge is 0.251 e. The van der Waals surface area contributed by atoms with Crippen LogP contribution in [0, 0.1) is 5.41 Å². The predicted molar refractivity (Wildman–Crippen MR) is 83.6 cm³/mol. The molecule has 0 bridgehead atoms. The van der Waals surface area contributed by atoms with Gasteiger partial charge in [-0.3, -0.25) is 9.59 Å². The van der Waals surface area contributed by atoms with Crippen LogP contribution in [-0.2, 0) is 4.79 Å². The molecule has 1 heterocycles. The predicted octanol–water partition coefficient (Wildman–Crippen LogP) is 1.67. The summed E-state index contributed by atoms with van der Waals surface area (Å²) in [5, 5.41) is 8.55. The number of hydrogen-bond donors (Lipinski definition) is 3. The minimum atomic E-state index is -0.689. The zero-order valence-corrected chi connectivity index (χ0v) is 13.5. The van der Waals surface area contributed by atoms with E-state index in [1.54, 1.807) is 27.0 Å². The van der Waals surface area contributed by atoms with Crippen LogP contribution in [0.2, 0.25) is 5.15 Å². The summed E-state index contributed by atoms with van der Waals surface area (Å²) in [5.41, 5.74) is -0.287. The molecule has 0 unspecified atom stereocenters. The molecule has 116 valence electrons. The van der Waals surface area contributed by atoms with E-state index in [0.29, 0.717) is 17.9 Å². The molecule has 2 amide bonds. The van der Waals surface area contributed by atoms with Gasteiger partial charge in [0.1, 0.15) is 11.0 Å². The Balaban J connectivity index is 2.78. The molecule has 1 rings (SSSR count). The largest absolute Gasteiger partial charge is 0.370 e. The van der Waals surface area contributed by atoms with Crippen molar-refractivity contribution in [2.24, 2.45) is 5.41 Å². The number of amides is 2. The van der Waals surface area contributed by atoms with Crippen molar-refractivity contribution in [3.63, 3.8) is 0 Å². The number of anilines is 1. The van der Waals surface area contributed by atoms with Crippen LogP contribution in [0.3, 0.4) is 0 Å². The first-order chi connectivity index (χ1) is 9.80.